The molecule has 0 aromatic heterocycles. The zero-order valence-electron chi connectivity index (χ0n) is 19.1. The molecule has 6 rings (SSSR count). The van der Waals surface area contributed by atoms with E-state index in [4.69, 9.17) is 21.7 Å². The van der Waals surface area contributed by atoms with Crippen molar-refractivity contribution in [1.82, 2.24) is 10.4 Å². The number of rotatable bonds is 7. The summed E-state index contributed by atoms with van der Waals surface area (Å²) in [6.45, 7) is 1.89. The first-order chi connectivity index (χ1) is 16.3. The van der Waals surface area contributed by atoms with Gasteiger partial charge in [-0.3, -0.25) is 15.0 Å². The van der Waals surface area contributed by atoms with Crippen LogP contribution in [0.3, 0.4) is 0 Å². The zero-order valence-corrected chi connectivity index (χ0v) is 20.7. The summed E-state index contributed by atoms with van der Waals surface area (Å²) < 4.78 is 10.6. The first-order valence-corrected chi connectivity index (χ1v) is 13.1. The Hall–Kier alpha value is -2.39. The Kier molecular flexibility index (Phi) is 6.41. The molecule has 5 aliphatic rings. The molecule has 1 N–H and O–H groups in total. The first kappa shape index (κ1) is 23.4. The number of thioether (sulfide) groups is 1. The molecule has 1 heterocycles. The second-order valence-electron chi connectivity index (χ2n) is 9.82. The predicted octanol–water partition coefficient (Wildman–Crippen LogP) is 4.08. The molecule has 1 saturated heterocycles. The van der Waals surface area contributed by atoms with Crippen molar-refractivity contribution in [3.63, 3.8) is 0 Å². The van der Waals surface area contributed by atoms with Crippen LogP contribution in [0.1, 0.15) is 51.0 Å². The SMILES string of the molecule is CCOC(=O)COc1ccc(/C=C2\SC(=S)N(NC(=O)C34CC5CC(CC(C5)C3)C4)C2=O)cc1. The predicted molar refractivity (Wildman–Crippen MR) is 132 cm³/mol. The fraction of sp³-hybridized carbons (Fsp3) is 0.520. The maximum absolute atomic E-state index is 13.4. The van der Waals surface area contributed by atoms with Gasteiger partial charge in [0.2, 0.25) is 5.91 Å². The first-order valence-electron chi connectivity index (χ1n) is 11.8. The van der Waals surface area contributed by atoms with Crippen LogP contribution >= 0.6 is 24.0 Å². The molecule has 180 valence electrons. The van der Waals surface area contributed by atoms with Crippen molar-refractivity contribution in [3.05, 3.63) is 34.7 Å². The van der Waals surface area contributed by atoms with Gasteiger partial charge in [0.15, 0.2) is 10.9 Å². The third-order valence-electron chi connectivity index (χ3n) is 7.37. The van der Waals surface area contributed by atoms with E-state index in [1.807, 2.05) is 0 Å². The Labute approximate surface area is 208 Å². The average molecular weight is 501 g/mol. The molecule has 1 aromatic rings. The van der Waals surface area contributed by atoms with Crippen molar-refractivity contribution < 1.29 is 23.9 Å². The topological polar surface area (TPSA) is 84.9 Å². The highest BCUT2D eigenvalue weighted by molar-refractivity contribution is 8.26. The molecule has 9 heteroatoms. The van der Waals surface area contributed by atoms with Gasteiger partial charge in [0.25, 0.3) is 5.91 Å². The minimum atomic E-state index is -0.425. The van der Waals surface area contributed by atoms with Crippen LogP contribution in [0.15, 0.2) is 29.2 Å². The number of hydrogen-bond donors (Lipinski definition) is 1. The molecule has 1 aliphatic heterocycles. The van der Waals surface area contributed by atoms with Gasteiger partial charge in [-0.25, -0.2) is 4.79 Å². The molecule has 4 bridgehead atoms. The molecule has 1 aromatic carbocycles. The van der Waals surface area contributed by atoms with Crippen molar-refractivity contribution in [2.45, 2.75) is 45.4 Å². The number of carbonyl (C=O) groups excluding carboxylic acids is 3. The standard InChI is InChI=1S/C25H28N2O5S2/c1-2-31-21(28)14-32-19-5-3-15(4-6-19)10-20-22(29)27(24(33)34-20)26-23(30)25-11-16-7-17(12-25)9-18(8-16)13-25/h3-6,10,16-18H,2,7-9,11-14H2,1H3,(H,26,30)/b20-10-. The van der Waals surface area contributed by atoms with Crippen LogP contribution in [0.25, 0.3) is 6.08 Å². The summed E-state index contributed by atoms with van der Waals surface area (Å²) in [7, 11) is 0. The number of hydrazine groups is 1. The lowest BCUT2D eigenvalue weighted by atomic mass is 9.49. The number of ether oxygens (including phenoxy) is 2. The molecule has 7 nitrogen and oxygen atoms in total. The number of esters is 1. The van der Waals surface area contributed by atoms with Crippen LogP contribution in [0.4, 0.5) is 0 Å². The van der Waals surface area contributed by atoms with Crippen molar-refractivity contribution >= 4 is 52.2 Å². The van der Waals surface area contributed by atoms with E-state index in [2.05, 4.69) is 5.43 Å². The van der Waals surface area contributed by atoms with Gasteiger partial charge in [-0.15, -0.1) is 0 Å². The van der Waals surface area contributed by atoms with Gasteiger partial charge >= 0.3 is 5.97 Å². The summed E-state index contributed by atoms with van der Waals surface area (Å²) in [4.78, 5) is 38.3. The molecule has 34 heavy (non-hydrogen) atoms. The lowest BCUT2D eigenvalue weighted by molar-refractivity contribution is -0.152. The summed E-state index contributed by atoms with van der Waals surface area (Å²) in [6.07, 6.45) is 8.29. The van der Waals surface area contributed by atoms with E-state index < -0.39 is 5.97 Å². The summed E-state index contributed by atoms with van der Waals surface area (Å²) in [5, 5.41) is 1.24. The van der Waals surface area contributed by atoms with Crippen LogP contribution in [0.2, 0.25) is 0 Å². The molecule has 4 saturated carbocycles. The Morgan fingerprint density at radius 3 is 2.35 bits per heavy atom. The number of thiocarbonyl (C=S) groups is 1. The highest BCUT2D eigenvalue weighted by Crippen LogP contribution is 2.60. The Morgan fingerprint density at radius 2 is 1.76 bits per heavy atom. The van der Waals surface area contributed by atoms with E-state index in [0.717, 1.165) is 24.8 Å². The zero-order chi connectivity index (χ0) is 23.9. The van der Waals surface area contributed by atoms with E-state index in [1.54, 1.807) is 37.3 Å². The van der Waals surface area contributed by atoms with Crippen molar-refractivity contribution in [2.24, 2.45) is 23.2 Å². The molecule has 0 unspecified atom stereocenters. The smallest absolute Gasteiger partial charge is 0.344 e. The fourth-order valence-corrected chi connectivity index (χ4v) is 7.51. The second-order valence-corrected chi connectivity index (χ2v) is 11.5. The van der Waals surface area contributed by atoms with Gasteiger partial charge < -0.3 is 9.47 Å². The van der Waals surface area contributed by atoms with Crippen LogP contribution < -0.4 is 10.2 Å². The molecule has 4 aliphatic carbocycles. The van der Waals surface area contributed by atoms with Crippen molar-refractivity contribution in [2.75, 3.05) is 13.2 Å². The van der Waals surface area contributed by atoms with E-state index >= 15 is 0 Å². The maximum Gasteiger partial charge on any atom is 0.344 e. The fourth-order valence-electron chi connectivity index (χ4n) is 6.33. The molecule has 0 radical (unpaired) electrons. The monoisotopic (exact) mass is 500 g/mol. The number of benzene rings is 1. The van der Waals surface area contributed by atoms with Gasteiger partial charge in [-0.2, -0.15) is 5.01 Å². The van der Waals surface area contributed by atoms with E-state index in [-0.39, 0.29) is 23.8 Å². The number of amides is 2. The Balaban J connectivity index is 1.22. The maximum atomic E-state index is 13.4. The summed E-state index contributed by atoms with van der Waals surface area (Å²) in [6, 6.07) is 7.03. The molecule has 0 spiro atoms. The van der Waals surface area contributed by atoms with Gasteiger partial charge in [-0.05, 0) is 99.2 Å². The van der Waals surface area contributed by atoms with Gasteiger partial charge in [-0.1, -0.05) is 23.9 Å². The van der Waals surface area contributed by atoms with Gasteiger partial charge in [0, 0.05) is 0 Å². The molecule has 2 amide bonds. The summed E-state index contributed by atoms with van der Waals surface area (Å²) >= 11 is 6.60. The van der Waals surface area contributed by atoms with E-state index in [0.29, 0.717) is 39.3 Å². The van der Waals surface area contributed by atoms with Crippen LogP contribution in [0, 0.1) is 23.2 Å². The number of hydrogen-bond acceptors (Lipinski definition) is 7. The number of carbonyl (C=O) groups is 3. The van der Waals surface area contributed by atoms with Crippen LogP contribution in [-0.2, 0) is 19.1 Å². The van der Waals surface area contributed by atoms with Crippen molar-refractivity contribution in [1.29, 1.82) is 0 Å². The number of nitrogens with one attached hydrogen (secondary N) is 1. The Morgan fingerprint density at radius 1 is 1.15 bits per heavy atom. The summed E-state index contributed by atoms with van der Waals surface area (Å²) in [5.74, 6) is 1.68. The van der Waals surface area contributed by atoms with Gasteiger partial charge in [0.05, 0.1) is 16.9 Å². The third-order valence-corrected chi connectivity index (χ3v) is 8.67. The molecule has 5 fully saturated rings. The largest absolute Gasteiger partial charge is 0.482 e. The minimum Gasteiger partial charge on any atom is -0.482 e. The minimum absolute atomic E-state index is 0.0488. The van der Waals surface area contributed by atoms with E-state index in [9.17, 15) is 14.4 Å². The lowest BCUT2D eigenvalue weighted by Gasteiger charge is -2.55. The highest BCUT2D eigenvalue weighted by Gasteiger charge is 2.55. The van der Waals surface area contributed by atoms with E-state index in [1.165, 1.54) is 36.0 Å². The van der Waals surface area contributed by atoms with Gasteiger partial charge in [0.1, 0.15) is 5.75 Å². The lowest BCUT2D eigenvalue weighted by Crippen LogP contribution is -2.57. The summed E-state index contributed by atoms with van der Waals surface area (Å²) in [5.41, 5.74) is 3.32. The quantitative estimate of drug-likeness (QED) is 0.343. The third kappa shape index (κ3) is 4.60. The second kappa shape index (κ2) is 9.34. The molecular formula is C25H28N2O5S2. The molecule has 0 atom stereocenters. The highest BCUT2D eigenvalue weighted by atomic mass is 32.2. The number of nitrogens with zero attached hydrogens (tertiary/aromatic N) is 1. The van der Waals surface area contributed by atoms with Crippen LogP contribution in [-0.4, -0.2) is 40.3 Å². The van der Waals surface area contributed by atoms with Crippen molar-refractivity contribution in [3.8, 4) is 5.75 Å². The molecular weight excluding hydrogens is 472 g/mol. The van der Waals surface area contributed by atoms with Crippen LogP contribution in [0.5, 0.6) is 5.75 Å². The average Bonchev–Trinajstić information content (AvgIpc) is 3.05. The normalized spacial score (nSPS) is 30.7. The Bertz CT molecular complexity index is 1020.